The Morgan fingerprint density at radius 1 is 0.915 bits per heavy atom. The molecule has 3 aliphatic rings. The zero-order valence-electron chi connectivity index (χ0n) is 32.8. The third kappa shape index (κ3) is 7.93. The number of urea groups is 1. The molecule has 0 aromatic heterocycles. The molecule has 3 atom stereocenters. The van der Waals surface area contributed by atoms with E-state index in [9.17, 15) is 38.7 Å². The van der Waals surface area contributed by atoms with Crippen LogP contribution < -0.4 is 32.2 Å². The van der Waals surface area contributed by atoms with E-state index in [0.29, 0.717) is 0 Å². The molecular formula is C40H45N7O10SSi. The molecule has 3 heterocycles. The number of benzene rings is 3. The van der Waals surface area contributed by atoms with Crippen LogP contribution in [0, 0.1) is 0 Å². The Morgan fingerprint density at radius 2 is 1.49 bits per heavy atom. The van der Waals surface area contributed by atoms with E-state index in [4.69, 9.17) is 15.0 Å². The summed E-state index contributed by atoms with van der Waals surface area (Å²) in [6, 6.07) is 24.4. The van der Waals surface area contributed by atoms with Crippen LogP contribution >= 0.6 is 11.8 Å². The Morgan fingerprint density at radius 3 is 2.02 bits per heavy atom. The van der Waals surface area contributed by atoms with Gasteiger partial charge in [-0.25, -0.2) is 14.4 Å². The van der Waals surface area contributed by atoms with E-state index in [1.54, 1.807) is 37.3 Å². The summed E-state index contributed by atoms with van der Waals surface area (Å²) in [6.07, 6.45) is -1.14. The smallest absolute Gasteiger partial charge is 0.404 e. The minimum atomic E-state index is -3.51. The molecule has 1 unspecified atom stereocenters. The van der Waals surface area contributed by atoms with Crippen molar-refractivity contribution in [1.82, 2.24) is 30.8 Å². The van der Waals surface area contributed by atoms with Crippen LogP contribution in [0.3, 0.4) is 0 Å². The predicted octanol–water partition coefficient (Wildman–Crippen LogP) is 1.37. The highest BCUT2D eigenvalue weighted by molar-refractivity contribution is 8.00. The van der Waals surface area contributed by atoms with Crippen LogP contribution in [0.15, 0.2) is 102 Å². The first-order valence-electron chi connectivity index (χ1n) is 18.7. The lowest BCUT2D eigenvalue weighted by molar-refractivity contribution is -0.170. The molecule has 310 valence electrons. The maximum Gasteiger partial charge on any atom is 0.404 e. The monoisotopic (exact) mass is 843 g/mol. The highest BCUT2D eigenvalue weighted by Crippen LogP contribution is 2.46. The number of rotatable bonds is 13. The molecule has 19 heteroatoms. The lowest BCUT2D eigenvalue weighted by atomic mass is 9.94. The van der Waals surface area contributed by atoms with Gasteiger partial charge >= 0.3 is 29.9 Å². The van der Waals surface area contributed by atoms with Crippen molar-refractivity contribution in [3.8, 4) is 0 Å². The number of ether oxygens (including phenoxy) is 1. The standard InChI is InChI=1S/C40H45N7O10SSi/c1-5-45-21-22-46(33(50)32(45)49)38(55)42-29(25-15-9-6-10-16-25)31(48)43-40(35(53)47-30(34(51)52)26(23-56-37(41)54)24-58-36(40)47)44-57-59(39(2,3)4,27-17-11-7-12-18-27)28-19-13-8-14-20-28/h6-20,29,36,44H,5,21-24H2,1-4H3,(H2,41,54)(H,42,55)(H,43,48)(H,51,52)/t29?,36-,40-/m0/s1. The van der Waals surface area contributed by atoms with Crippen molar-refractivity contribution < 1.29 is 47.9 Å². The zero-order valence-corrected chi connectivity index (χ0v) is 34.6. The van der Waals surface area contributed by atoms with Gasteiger partial charge in [0, 0.05) is 31.0 Å². The molecule has 17 nitrogen and oxygen atoms in total. The number of imide groups is 1. The van der Waals surface area contributed by atoms with Gasteiger partial charge in [0.05, 0.1) is 0 Å². The SMILES string of the molecule is CCN1CCN(C(=O)NC(C(=O)N[C@]2(NO[Si](c3ccccc3)(c3ccccc3)C(C)(C)C)C(=O)N3C(C(=O)O)=C(COC(N)=O)CS[C@H]32)c2ccccc2)C(=O)C1=O. The van der Waals surface area contributed by atoms with Gasteiger partial charge in [-0.15, -0.1) is 11.8 Å². The number of primary amides is 1. The van der Waals surface area contributed by atoms with Gasteiger partial charge in [0.15, 0.2) is 0 Å². The molecule has 59 heavy (non-hydrogen) atoms. The number of β-lactam (4-membered cyclic amide) rings is 1. The van der Waals surface area contributed by atoms with E-state index in [2.05, 4.69) is 16.1 Å². The van der Waals surface area contributed by atoms with Crippen molar-refractivity contribution in [2.45, 2.75) is 49.8 Å². The number of carbonyl (C=O) groups excluding carboxylic acids is 6. The molecule has 0 saturated carbocycles. The molecule has 3 aliphatic heterocycles. The molecule has 3 aromatic rings. The number of carboxylic acid groups (broad SMARTS) is 1. The average Bonchev–Trinajstić information content (AvgIpc) is 3.22. The van der Waals surface area contributed by atoms with Crippen LogP contribution in [-0.4, -0.2) is 113 Å². The molecule has 3 aromatic carbocycles. The number of nitrogens with one attached hydrogen (secondary N) is 3. The number of carboxylic acids is 1. The maximum atomic E-state index is 14.8. The highest BCUT2D eigenvalue weighted by Gasteiger charge is 2.68. The number of nitrogens with zero attached hydrogens (tertiary/aromatic N) is 3. The van der Waals surface area contributed by atoms with E-state index in [0.717, 1.165) is 31.9 Å². The summed E-state index contributed by atoms with van der Waals surface area (Å²) in [5, 5.41) is 15.6. The average molecular weight is 844 g/mol. The second-order valence-electron chi connectivity index (χ2n) is 15.0. The fourth-order valence-electron chi connectivity index (χ4n) is 7.51. The van der Waals surface area contributed by atoms with Crippen molar-refractivity contribution in [3.63, 3.8) is 0 Å². The number of hydrogen-bond acceptors (Lipinski definition) is 11. The predicted molar refractivity (Wildman–Crippen MR) is 218 cm³/mol. The second kappa shape index (κ2) is 17.1. The summed E-state index contributed by atoms with van der Waals surface area (Å²) in [4.78, 5) is 96.3. The van der Waals surface area contributed by atoms with Gasteiger partial charge in [0.25, 0.3) is 14.2 Å². The van der Waals surface area contributed by atoms with E-state index in [1.807, 2.05) is 81.4 Å². The van der Waals surface area contributed by atoms with Gasteiger partial charge in [-0.05, 0) is 27.9 Å². The summed E-state index contributed by atoms with van der Waals surface area (Å²) in [5.74, 6) is -5.32. The van der Waals surface area contributed by atoms with E-state index >= 15 is 0 Å². The number of hydroxylamine groups is 1. The summed E-state index contributed by atoms with van der Waals surface area (Å²) in [5.41, 5.74) is 5.91. The molecule has 6 rings (SSSR count). The van der Waals surface area contributed by atoms with E-state index in [-0.39, 0.29) is 36.5 Å². The Kier molecular flexibility index (Phi) is 12.3. The number of amides is 7. The van der Waals surface area contributed by atoms with Crippen molar-refractivity contribution in [3.05, 3.63) is 108 Å². The van der Waals surface area contributed by atoms with Gasteiger partial charge < -0.3 is 35.6 Å². The molecule has 0 bridgehead atoms. The third-order valence-electron chi connectivity index (χ3n) is 10.4. The molecule has 0 spiro atoms. The van der Waals surface area contributed by atoms with Crippen molar-refractivity contribution in [2.75, 3.05) is 32.0 Å². The number of fused-ring (bicyclic) bond motifs is 1. The van der Waals surface area contributed by atoms with Gasteiger partial charge in [0.2, 0.25) is 11.6 Å². The number of aliphatic carboxylic acids is 1. The van der Waals surface area contributed by atoms with Gasteiger partial charge in [-0.1, -0.05) is 112 Å². The summed E-state index contributed by atoms with van der Waals surface area (Å²) in [6.45, 7) is 7.45. The minimum Gasteiger partial charge on any atom is -0.477 e. The molecule has 0 radical (unpaired) electrons. The first-order chi connectivity index (χ1) is 28.1. The van der Waals surface area contributed by atoms with Crippen molar-refractivity contribution >= 4 is 72.2 Å². The normalized spacial score (nSPS) is 20.0. The van der Waals surface area contributed by atoms with Crippen LogP contribution in [0.2, 0.25) is 5.04 Å². The number of nitrogens with two attached hydrogens (primary N) is 1. The van der Waals surface area contributed by atoms with Gasteiger partial charge in [-0.3, -0.25) is 29.0 Å². The molecular weight excluding hydrogens is 799 g/mol. The molecule has 2 saturated heterocycles. The topological polar surface area (TPSA) is 230 Å². The largest absolute Gasteiger partial charge is 0.477 e. The summed E-state index contributed by atoms with van der Waals surface area (Å²) < 4.78 is 11.9. The second-order valence-corrected chi connectivity index (χ2v) is 20.3. The quantitative estimate of drug-likeness (QED) is 0.0541. The lowest BCUT2D eigenvalue weighted by Gasteiger charge is -2.58. The van der Waals surface area contributed by atoms with Gasteiger partial charge in [0.1, 0.15) is 23.7 Å². The van der Waals surface area contributed by atoms with Crippen LogP contribution in [0.1, 0.15) is 39.3 Å². The third-order valence-corrected chi connectivity index (χ3v) is 16.7. The number of carbonyl (C=O) groups is 7. The lowest BCUT2D eigenvalue weighted by Crippen LogP contribution is -2.87. The maximum absolute atomic E-state index is 14.8. The Labute approximate surface area is 345 Å². The fraction of sp³-hybridized carbons (Fsp3) is 0.325. The number of piperazine rings is 1. The Hall–Kier alpha value is -6.02. The fourth-order valence-corrected chi connectivity index (χ4v) is 13.1. The Bertz CT molecular complexity index is 2130. The number of thioether (sulfide) groups is 1. The first-order valence-corrected chi connectivity index (χ1v) is 21.7. The Balaban J connectivity index is 1.43. The summed E-state index contributed by atoms with van der Waals surface area (Å²) >= 11 is 1.07. The van der Waals surface area contributed by atoms with Crippen molar-refractivity contribution in [1.29, 1.82) is 0 Å². The highest BCUT2D eigenvalue weighted by atomic mass is 32.2. The summed E-state index contributed by atoms with van der Waals surface area (Å²) in [7, 11) is -3.51. The van der Waals surface area contributed by atoms with Crippen molar-refractivity contribution in [2.24, 2.45) is 5.73 Å². The molecule has 0 aliphatic carbocycles. The van der Waals surface area contributed by atoms with E-state index < -0.39 is 84.5 Å². The van der Waals surface area contributed by atoms with Crippen LogP contribution in [0.25, 0.3) is 0 Å². The first kappa shape index (κ1) is 42.6. The van der Waals surface area contributed by atoms with Gasteiger partial charge in [-0.2, -0.15) is 5.48 Å². The van der Waals surface area contributed by atoms with Crippen LogP contribution in [-0.2, 0) is 33.2 Å². The van der Waals surface area contributed by atoms with Crippen LogP contribution in [0.5, 0.6) is 0 Å². The molecule has 7 amide bonds. The molecule has 6 N–H and O–H groups in total. The molecule has 2 fully saturated rings. The number of likely N-dealkylation sites (N-methyl/N-ethyl adjacent to an activating group) is 1. The zero-order chi connectivity index (χ0) is 42.7. The number of hydrogen-bond donors (Lipinski definition) is 5. The minimum absolute atomic E-state index is 0.0550. The van der Waals surface area contributed by atoms with E-state index in [1.165, 1.54) is 4.90 Å². The van der Waals surface area contributed by atoms with Crippen LogP contribution in [0.4, 0.5) is 9.59 Å².